The van der Waals surface area contributed by atoms with Gasteiger partial charge in [0.05, 0.1) is 0 Å². The first-order valence-corrected chi connectivity index (χ1v) is 6.56. The summed E-state index contributed by atoms with van der Waals surface area (Å²) in [6.45, 7) is 0. The summed E-state index contributed by atoms with van der Waals surface area (Å²) in [6, 6.07) is 7.53. The zero-order valence-electron chi connectivity index (χ0n) is 9.14. The van der Waals surface area contributed by atoms with Gasteiger partial charge in [-0.05, 0) is 36.8 Å². The van der Waals surface area contributed by atoms with Crippen molar-refractivity contribution in [3.63, 3.8) is 0 Å². The van der Waals surface area contributed by atoms with Gasteiger partial charge in [0, 0.05) is 10.9 Å². The zero-order chi connectivity index (χ0) is 11.5. The maximum absolute atomic E-state index is 11.1. The van der Waals surface area contributed by atoms with Crippen LogP contribution in [0.3, 0.4) is 0 Å². The molecule has 0 spiro atoms. The Morgan fingerprint density at radius 3 is 2.50 bits per heavy atom. The summed E-state index contributed by atoms with van der Waals surface area (Å²) in [5.41, 5.74) is 0.831. The fourth-order valence-corrected chi connectivity index (χ4v) is 2.00. The molecule has 1 aromatic rings. The second-order valence-electron chi connectivity index (χ2n) is 3.99. The minimum absolute atomic E-state index is 0.390. The molecular weight excluding hydrogens is 222 g/mol. The number of nitrogens with one attached hydrogen (secondary N) is 1. The number of thioether (sulfide) groups is 1. The molecule has 1 aromatic carbocycles. The Bertz CT molecular complexity index is 373. The molecule has 0 heterocycles. The number of benzene rings is 1. The number of hydrogen-bond donors (Lipinski definition) is 2. The van der Waals surface area contributed by atoms with Crippen molar-refractivity contribution >= 4 is 17.7 Å². The SMILES string of the molecule is CSc1ccc(C(NC2CC2)C(=O)O)cc1. The van der Waals surface area contributed by atoms with Crippen molar-refractivity contribution in [2.45, 2.75) is 29.8 Å². The first-order valence-electron chi connectivity index (χ1n) is 5.33. The lowest BCUT2D eigenvalue weighted by atomic mass is 10.1. The Morgan fingerprint density at radius 1 is 1.44 bits per heavy atom. The summed E-state index contributed by atoms with van der Waals surface area (Å²) in [5.74, 6) is -0.802. The highest BCUT2D eigenvalue weighted by molar-refractivity contribution is 7.98. The Morgan fingerprint density at radius 2 is 2.06 bits per heavy atom. The summed E-state index contributed by atoms with van der Waals surface area (Å²) in [4.78, 5) is 12.3. The van der Waals surface area contributed by atoms with E-state index in [4.69, 9.17) is 5.11 Å². The second-order valence-corrected chi connectivity index (χ2v) is 4.87. The number of carboxylic acids is 1. The lowest BCUT2D eigenvalue weighted by molar-refractivity contribution is -0.139. The third-order valence-corrected chi connectivity index (χ3v) is 3.42. The van der Waals surface area contributed by atoms with Gasteiger partial charge in [0.2, 0.25) is 0 Å². The van der Waals surface area contributed by atoms with Crippen LogP contribution >= 0.6 is 11.8 Å². The molecule has 2 rings (SSSR count). The number of carbonyl (C=O) groups is 1. The zero-order valence-corrected chi connectivity index (χ0v) is 9.96. The second kappa shape index (κ2) is 4.89. The van der Waals surface area contributed by atoms with E-state index in [1.807, 2.05) is 30.5 Å². The van der Waals surface area contributed by atoms with E-state index in [2.05, 4.69) is 5.32 Å². The molecule has 86 valence electrons. The van der Waals surface area contributed by atoms with Crippen molar-refractivity contribution in [2.75, 3.05) is 6.26 Å². The van der Waals surface area contributed by atoms with Crippen LogP contribution in [0.1, 0.15) is 24.4 Å². The largest absolute Gasteiger partial charge is 0.480 e. The third-order valence-electron chi connectivity index (χ3n) is 2.68. The van der Waals surface area contributed by atoms with Crippen molar-refractivity contribution < 1.29 is 9.90 Å². The maximum Gasteiger partial charge on any atom is 0.325 e. The van der Waals surface area contributed by atoms with Crippen LogP contribution in [-0.2, 0) is 4.79 Å². The van der Waals surface area contributed by atoms with Gasteiger partial charge in [0.1, 0.15) is 6.04 Å². The topological polar surface area (TPSA) is 49.3 Å². The van der Waals surface area contributed by atoms with Crippen LogP contribution in [0.5, 0.6) is 0 Å². The van der Waals surface area contributed by atoms with Gasteiger partial charge in [-0.3, -0.25) is 10.1 Å². The molecule has 0 aromatic heterocycles. The third kappa shape index (κ3) is 2.77. The van der Waals surface area contributed by atoms with Gasteiger partial charge in [0.25, 0.3) is 0 Å². The molecule has 1 atom stereocenters. The van der Waals surface area contributed by atoms with Crippen molar-refractivity contribution in [2.24, 2.45) is 0 Å². The fourth-order valence-electron chi connectivity index (χ4n) is 1.59. The van der Waals surface area contributed by atoms with Gasteiger partial charge in [0.15, 0.2) is 0 Å². The molecule has 1 aliphatic carbocycles. The molecular formula is C12H15NO2S. The first-order chi connectivity index (χ1) is 7.70. The fraction of sp³-hybridized carbons (Fsp3) is 0.417. The molecule has 0 radical (unpaired) electrons. The average molecular weight is 237 g/mol. The van der Waals surface area contributed by atoms with E-state index in [0.29, 0.717) is 6.04 Å². The van der Waals surface area contributed by atoms with Crippen molar-refractivity contribution in [3.8, 4) is 0 Å². The van der Waals surface area contributed by atoms with Gasteiger partial charge in [-0.25, -0.2) is 0 Å². The molecule has 1 saturated carbocycles. The predicted octanol–water partition coefficient (Wildman–Crippen LogP) is 2.29. The van der Waals surface area contributed by atoms with Crippen molar-refractivity contribution in [3.05, 3.63) is 29.8 Å². The summed E-state index contributed by atoms with van der Waals surface area (Å²) >= 11 is 1.66. The van der Waals surface area contributed by atoms with Gasteiger partial charge in [-0.2, -0.15) is 0 Å². The number of aliphatic carboxylic acids is 1. The average Bonchev–Trinajstić information content (AvgIpc) is 3.09. The van der Waals surface area contributed by atoms with E-state index in [-0.39, 0.29) is 0 Å². The van der Waals surface area contributed by atoms with E-state index >= 15 is 0 Å². The van der Waals surface area contributed by atoms with Crippen LogP contribution in [0.25, 0.3) is 0 Å². The van der Waals surface area contributed by atoms with Crippen LogP contribution in [-0.4, -0.2) is 23.4 Å². The van der Waals surface area contributed by atoms with Crippen LogP contribution in [0.2, 0.25) is 0 Å². The Kier molecular flexibility index (Phi) is 3.51. The number of rotatable bonds is 5. The molecule has 0 bridgehead atoms. The van der Waals surface area contributed by atoms with Gasteiger partial charge in [-0.15, -0.1) is 11.8 Å². The van der Waals surface area contributed by atoms with E-state index < -0.39 is 12.0 Å². The van der Waals surface area contributed by atoms with Crippen molar-refractivity contribution in [1.82, 2.24) is 5.32 Å². The van der Waals surface area contributed by atoms with Crippen LogP contribution in [0.4, 0.5) is 0 Å². The van der Waals surface area contributed by atoms with Crippen LogP contribution < -0.4 is 5.32 Å². The molecule has 1 aliphatic rings. The summed E-state index contributed by atoms with van der Waals surface area (Å²) < 4.78 is 0. The molecule has 0 saturated heterocycles. The highest BCUT2D eigenvalue weighted by Crippen LogP contribution is 2.25. The summed E-state index contributed by atoms with van der Waals surface area (Å²) in [5, 5.41) is 12.3. The molecule has 16 heavy (non-hydrogen) atoms. The van der Waals surface area contributed by atoms with Crippen LogP contribution in [0.15, 0.2) is 29.2 Å². The predicted molar refractivity (Wildman–Crippen MR) is 64.8 cm³/mol. The van der Waals surface area contributed by atoms with Gasteiger partial charge >= 0.3 is 5.97 Å². The maximum atomic E-state index is 11.1. The van der Waals surface area contributed by atoms with E-state index in [9.17, 15) is 4.79 Å². The van der Waals surface area contributed by atoms with E-state index in [0.717, 1.165) is 23.3 Å². The lowest BCUT2D eigenvalue weighted by Crippen LogP contribution is -2.30. The smallest absolute Gasteiger partial charge is 0.325 e. The minimum atomic E-state index is -0.802. The standard InChI is InChI=1S/C12H15NO2S/c1-16-10-6-2-8(3-7-10)11(12(14)15)13-9-4-5-9/h2-3,6-7,9,11,13H,4-5H2,1H3,(H,14,15). The van der Waals surface area contributed by atoms with Crippen LogP contribution in [0, 0.1) is 0 Å². The normalized spacial score (nSPS) is 17.1. The highest BCUT2D eigenvalue weighted by atomic mass is 32.2. The summed E-state index contributed by atoms with van der Waals surface area (Å²) in [7, 11) is 0. The molecule has 0 aliphatic heterocycles. The first kappa shape index (κ1) is 11.5. The van der Waals surface area contributed by atoms with Gasteiger partial charge < -0.3 is 5.11 Å². The number of hydrogen-bond acceptors (Lipinski definition) is 3. The highest BCUT2D eigenvalue weighted by Gasteiger charge is 2.29. The lowest BCUT2D eigenvalue weighted by Gasteiger charge is -2.14. The molecule has 2 N–H and O–H groups in total. The van der Waals surface area contributed by atoms with Gasteiger partial charge in [-0.1, -0.05) is 12.1 Å². The Labute approximate surface area is 99.2 Å². The van der Waals surface area contributed by atoms with Crippen molar-refractivity contribution in [1.29, 1.82) is 0 Å². The molecule has 0 amide bonds. The van der Waals surface area contributed by atoms with E-state index in [1.165, 1.54) is 0 Å². The quantitative estimate of drug-likeness (QED) is 0.771. The van der Waals surface area contributed by atoms with E-state index in [1.54, 1.807) is 11.8 Å². The molecule has 4 heteroatoms. The number of carboxylic acid groups (broad SMARTS) is 1. The monoisotopic (exact) mass is 237 g/mol. The Hall–Kier alpha value is -1.00. The molecule has 3 nitrogen and oxygen atoms in total. The summed E-state index contributed by atoms with van der Waals surface area (Å²) in [6.07, 6.45) is 4.19. The Balaban J connectivity index is 2.13. The molecule has 1 fully saturated rings. The molecule has 1 unspecified atom stereocenters. The minimum Gasteiger partial charge on any atom is -0.480 e.